The van der Waals surface area contributed by atoms with Crippen LogP contribution in [0.2, 0.25) is 0 Å². The quantitative estimate of drug-likeness (QED) is 0.822. The van der Waals surface area contributed by atoms with E-state index in [9.17, 15) is 0 Å². The number of hydrogen-bond donors (Lipinski definition) is 0. The summed E-state index contributed by atoms with van der Waals surface area (Å²) in [5.41, 5.74) is 1.25. The lowest BCUT2D eigenvalue weighted by Crippen LogP contribution is -2.44. The van der Waals surface area contributed by atoms with Gasteiger partial charge >= 0.3 is 0 Å². The highest BCUT2D eigenvalue weighted by Crippen LogP contribution is 2.35. The molecule has 25 heavy (non-hydrogen) atoms. The molecule has 1 saturated carbocycles. The van der Waals surface area contributed by atoms with Crippen molar-refractivity contribution in [2.45, 2.75) is 38.3 Å². The predicted molar refractivity (Wildman–Crippen MR) is 101 cm³/mol. The van der Waals surface area contributed by atoms with E-state index >= 15 is 0 Å². The molecule has 0 spiro atoms. The van der Waals surface area contributed by atoms with E-state index in [4.69, 9.17) is 0 Å². The Morgan fingerprint density at radius 1 is 1.04 bits per heavy atom. The van der Waals surface area contributed by atoms with Crippen molar-refractivity contribution in [2.75, 3.05) is 26.2 Å². The van der Waals surface area contributed by atoms with E-state index < -0.39 is 0 Å². The molecule has 132 valence electrons. The molecule has 2 aromatic heterocycles. The van der Waals surface area contributed by atoms with Gasteiger partial charge in [-0.15, -0.1) is 11.3 Å². The fraction of sp³-hybridized carbons (Fsp3) is 0.600. The molecule has 4 fully saturated rings. The lowest BCUT2D eigenvalue weighted by molar-refractivity contribution is 0.125. The van der Waals surface area contributed by atoms with E-state index in [1.807, 2.05) is 12.4 Å². The van der Waals surface area contributed by atoms with Crippen LogP contribution in [0.4, 0.5) is 0 Å². The molecule has 0 aromatic carbocycles. The van der Waals surface area contributed by atoms with Crippen LogP contribution in [-0.2, 0) is 6.54 Å². The lowest BCUT2D eigenvalue weighted by atomic mass is 9.95. The number of hydrogen-bond acceptors (Lipinski definition) is 5. The van der Waals surface area contributed by atoms with Crippen molar-refractivity contribution in [1.82, 2.24) is 19.8 Å². The molecule has 4 nitrogen and oxygen atoms in total. The minimum absolute atomic E-state index is 0.769. The Morgan fingerprint density at radius 2 is 1.92 bits per heavy atom. The number of rotatable bonds is 5. The highest BCUT2D eigenvalue weighted by Gasteiger charge is 2.37. The van der Waals surface area contributed by atoms with Crippen molar-refractivity contribution in [1.29, 1.82) is 0 Å². The summed E-state index contributed by atoms with van der Waals surface area (Å²) in [6, 6.07) is 4.91. The first-order valence-corrected chi connectivity index (χ1v) is 10.5. The zero-order valence-electron chi connectivity index (χ0n) is 14.7. The maximum absolute atomic E-state index is 4.59. The lowest BCUT2D eigenvalue weighted by Gasteiger charge is -2.36. The Labute approximate surface area is 153 Å². The van der Waals surface area contributed by atoms with Gasteiger partial charge in [-0.25, -0.2) is 9.97 Å². The zero-order valence-corrected chi connectivity index (χ0v) is 15.5. The number of fused-ring (bicyclic) bond motifs is 4. The second-order valence-electron chi connectivity index (χ2n) is 8.08. The van der Waals surface area contributed by atoms with Gasteiger partial charge in [0.25, 0.3) is 0 Å². The summed E-state index contributed by atoms with van der Waals surface area (Å²) in [7, 11) is 0. The van der Waals surface area contributed by atoms with Gasteiger partial charge in [-0.1, -0.05) is 6.07 Å². The van der Waals surface area contributed by atoms with E-state index in [0.717, 1.165) is 35.1 Å². The third-order valence-corrected chi connectivity index (χ3v) is 6.81. The van der Waals surface area contributed by atoms with Crippen LogP contribution in [0.15, 0.2) is 29.9 Å². The van der Waals surface area contributed by atoms with Crippen LogP contribution in [-0.4, -0.2) is 52.0 Å². The normalized spacial score (nSPS) is 27.5. The van der Waals surface area contributed by atoms with Crippen LogP contribution < -0.4 is 0 Å². The zero-order chi connectivity index (χ0) is 16.6. The van der Waals surface area contributed by atoms with Gasteiger partial charge in [0, 0.05) is 56.7 Å². The molecular formula is C20H26N4S. The number of aromatic nitrogens is 2. The fourth-order valence-corrected chi connectivity index (χ4v) is 5.16. The average molecular weight is 355 g/mol. The van der Waals surface area contributed by atoms with Crippen molar-refractivity contribution in [3.05, 3.63) is 35.5 Å². The summed E-state index contributed by atoms with van der Waals surface area (Å²) in [4.78, 5) is 15.8. The molecule has 0 radical (unpaired) electrons. The number of nitrogens with zero attached hydrogens (tertiary/aromatic N) is 4. The smallest absolute Gasteiger partial charge is 0.169 e. The van der Waals surface area contributed by atoms with Crippen molar-refractivity contribution >= 4 is 11.3 Å². The Morgan fingerprint density at radius 3 is 2.68 bits per heavy atom. The Kier molecular flexibility index (Phi) is 4.32. The fourth-order valence-electron chi connectivity index (χ4n) is 4.49. The van der Waals surface area contributed by atoms with Gasteiger partial charge in [-0.2, -0.15) is 0 Å². The van der Waals surface area contributed by atoms with Gasteiger partial charge in [-0.05, 0) is 49.0 Å². The summed E-state index contributed by atoms with van der Waals surface area (Å²) < 4.78 is 0. The SMILES string of the molecule is c1csc(-c2ncc(CN3C[C@H]4CC[C@@H](C3)N(CC3CC3)C4)cn2)c1. The molecule has 0 amide bonds. The van der Waals surface area contributed by atoms with Crippen molar-refractivity contribution in [3.8, 4) is 10.7 Å². The van der Waals surface area contributed by atoms with Gasteiger partial charge in [0.1, 0.15) is 0 Å². The van der Waals surface area contributed by atoms with Crippen molar-refractivity contribution < 1.29 is 0 Å². The summed E-state index contributed by atoms with van der Waals surface area (Å²) in [6.45, 7) is 6.13. The van der Waals surface area contributed by atoms with Crippen LogP contribution in [0, 0.1) is 11.8 Å². The minimum Gasteiger partial charge on any atom is -0.299 e. The van der Waals surface area contributed by atoms with E-state index in [1.54, 1.807) is 11.3 Å². The van der Waals surface area contributed by atoms with Crippen LogP contribution in [0.1, 0.15) is 31.2 Å². The summed E-state index contributed by atoms with van der Waals surface area (Å²) >= 11 is 1.70. The van der Waals surface area contributed by atoms with Gasteiger partial charge in [-0.3, -0.25) is 9.80 Å². The number of piperidine rings is 1. The molecule has 1 aliphatic carbocycles. The topological polar surface area (TPSA) is 32.3 Å². The highest BCUT2D eigenvalue weighted by atomic mass is 32.1. The molecule has 6 rings (SSSR count). The van der Waals surface area contributed by atoms with Gasteiger partial charge in [0.05, 0.1) is 4.88 Å². The predicted octanol–water partition coefficient (Wildman–Crippen LogP) is 3.51. The molecular weight excluding hydrogens is 328 g/mol. The first kappa shape index (κ1) is 15.9. The highest BCUT2D eigenvalue weighted by molar-refractivity contribution is 7.13. The molecule has 0 unspecified atom stereocenters. The van der Waals surface area contributed by atoms with Crippen molar-refractivity contribution in [2.24, 2.45) is 11.8 Å². The van der Waals surface area contributed by atoms with Gasteiger partial charge in [0.15, 0.2) is 5.82 Å². The van der Waals surface area contributed by atoms with E-state index in [2.05, 4.69) is 37.3 Å². The average Bonchev–Trinajstić information content (AvgIpc) is 3.35. The molecule has 3 saturated heterocycles. The molecule has 2 aromatic rings. The van der Waals surface area contributed by atoms with Crippen LogP contribution in [0.25, 0.3) is 10.7 Å². The second kappa shape index (κ2) is 6.78. The molecule has 4 aliphatic rings. The van der Waals surface area contributed by atoms with Crippen LogP contribution >= 0.6 is 11.3 Å². The summed E-state index contributed by atoms with van der Waals surface area (Å²) in [5.74, 6) is 2.71. The molecule has 5 heteroatoms. The van der Waals surface area contributed by atoms with Gasteiger partial charge in [0.2, 0.25) is 0 Å². The second-order valence-corrected chi connectivity index (χ2v) is 9.03. The maximum Gasteiger partial charge on any atom is 0.169 e. The van der Waals surface area contributed by atoms with Crippen molar-refractivity contribution in [3.63, 3.8) is 0 Å². The minimum atomic E-state index is 0.769. The molecule has 2 bridgehead atoms. The molecule has 5 heterocycles. The van der Waals surface area contributed by atoms with E-state index in [1.165, 1.54) is 57.4 Å². The number of thiophene rings is 1. The third-order valence-electron chi connectivity index (χ3n) is 5.95. The van der Waals surface area contributed by atoms with Crippen LogP contribution in [0.5, 0.6) is 0 Å². The Bertz CT molecular complexity index is 695. The largest absolute Gasteiger partial charge is 0.299 e. The van der Waals surface area contributed by atoms with Gasteiger partial charge < -0.3 is 0 Å². The Balaban J connectivity index is 1.25. The first-order valence-electron chi connectivity index (χ1n) is 9.65. The van der Waals surface area contributed by atoms with E-state index in [-0.39, 0.29) is 0 Å². The third kappa shape index (κ3) is 3.64. The monoisotopic (exact) mass is 354 g/mol. The Hall–Kier alpha value is -1.30. The summed E-state index contributed by atoms with van der Waals surface area (Å²) in [5, 5.41) is 2.08. The van der Waals surface area contributed by atoms with E-state index in [0.29, 0.717) is 0 Å². The summed E-state index contributed by atoms with van der Waals surface area (Å²) in [6.07, 6.45) is 9.78. The molecule has 0 N–H and O–H groups in total. The molecule has 3 aliphatic heterocycles. The molecule has 2 atom stereocenters. The standard InChI is InChI=1S/C20H26N4S/c1-2-19(25-7-1)20-21-8-17(9-22-20)11-23-10-16-5-6-18(14-23)24(13-16)12-15-3-4-15/h1-2,7-9,15-16,18H,3-6,10-14H2/t16-,18+/m1/s1. The first-order chi connectivity index (χ1) is 12.3. The van der Waals surface area contributed by atoms with Crippen LogP contribution in [0.3, 0.4) is 0 Å². The maximum atomic E-state index is 4.59.